The summed E-state index contributed by atoms with van der Waals surface area (Å²) in [5.41, 5.74) is -0.286. The van der Waals surface area contributed by atoms with E-state index in [-0.39, 0.29) is 0 Å². The van der Waals surface area contributed by atoms with Crippen molar-refractivity contribution in [3.05, 3.63) is 31.3 Å². The third kappa shape index (κ3) is 1.46. The summed E-state index contributed by atoms with van der Waals surface area (Å²) in [4.78, 5) is 28.2. The first-order valence-corrected chi connectivity index (χ1v) is 4.88. The molecule has 0 radical (unpaired) electrons. The lowest BCUT2D eigenvalue weighted by Crippen LogP contribution is -2.21. The van der Waals surface area contributed by atoms with Gasteiger partial charge in [0, 0.05) is 0 Å². The van der Waals surface area contributed by atoms with Crippen molar-refractivity contribution < 1.29 is 5.21 Å². The zero-order valence-electron chi connectivity index (χ0n) is 7.70. The minimum Gasteiger partial charge on any atom is -0.411 e. The number of hydrogen-bond acceptors (Lipinski definition) is 5. The minimum absolute atomic E-state index is 0.425. The van der Waals surface area contributed by atoms with Crippen molar-refractivity contribution in [3.8, 4) is 0 Å². The summed E-state index contributed by atoms with van der Waals surface area (Å²) in [7, 11) is 0. The van der Waals surface area contributed by atoms with Crippen molar-refractivity contribution in [1.82, 2.24) is 9.97 Å². The van der Waals surface area contributed by atoms with E-state index >= 15 is 0 Å². The molecule has 2 aromatic heterocycles. The van der Waals surface area contributed by atoms with Gasteiger partial charge in [0.2, 0.25) is 0 Å². The Bertz CT molecular complexity index is 649. The van der Waals surface area contributed by atoms with Gasteiger partial charge >= 0.3 is 5.69 Å². The van der Waals surface area contributed by atoms with Gasteiger partial charge < -0.3 is 5.21 Å². The third-order valence-electron chi connectivity index (χ3n) is 2.04. The van der Waals surface area contributed by atoms with E-state index in [1.807, 2.05) is 0 Å². The molecule has 0 aliphatic carbocycles. The summed E-state index contributed by atoms with van der Waals surface area (Å²) >= 11 is 1.19. The fraction of sp³-hybridized carbons (Fsp3) is 0.125. The summed E-state index contributed by atoms with van der Waals surface area (Å²) in [5, 5.41) is 11.7. The fourth-order valence-electron chi connectivity index (χ4n) is 1.37. The van der Waals surface area contributed by atoms with Crippen LogP contribution in [0, 0.1) is 6.92 Å². The normalized spacial score (nSPS) is 11.5. The van der Waals surface area contributed by atoms with Crippen LogP contribution in [0.1, 0.15) is 10.4 Å². The summed E-state index contributed by atoms with van der Waals surface area (Å²) in [5.74, 6) is 0. The fourth-order valence-corrected chi connectivity index (χ4v) is 2.43. The van der Waals surface area contributed by atoms with Crippen LogP contribution in [-0.4, -0.2) is 21.4 Å². The molecule has 0 fully saturated rings. The molecule has 0 saturated heterocycles. The van der Waals surface area contributed by atoms with Crippen molar-refractivity contribution in [2.24, 2.45) is 5.16 Å². The van der Waals surface area contributed by atoms with Gasteiger partial charge in [-0.3, -0.25) is 14.8 Å². The van der Waals surface area contributed by atoms with Crippen molar-refractivity contribution >= 4 is 27.8 Å². The van der Waals surface area contributed by atoms with E-state index in [1.165, 1.54) is 17.6 Å². The number of nitrogens with one attached hydrogen (secondary N) is 2. The number of rotatable bonds is 1. The summed E-state index contributed by atoms with van der Waals surface area (Å²) < 4.78 is 0. The van der Waals surface area contributed by atoms with Crippen molar-refractivity contribution in [1.29, 1.82) is 0 Å². The number of thiophene rings is 1. The highest BCUT2D eigenvalue weighted by atomic mass is 32.1. The van der Waals surface area contributed by atoms with E-state index in [2.05, 4.69) is 15.1 Å². The second-order valence-electron chi connectivity index (χ2n) is 2.95. The molecule has 2 aromatic rings. The lowest BCUT2D eigenvalue weighted by atomic mass is 10.2. The Labute approximate surface area is 86.9 Å². The van der Waals surface area contributed by atoms with Gasteiger partial charge in [0.05, 0.1) is 16.5 Å². The van der Waals surface area contributed by atoms with E-state index in [0.29, 0.717) is 20.7 Å². The highest BCUT2D eigenvalue weighted by Crippen LogP contribution is 2.24. The Balaban J connectivity index is 2.94. The van der Waals surface area contributed by atoms with Crippen molar-refractivity contribution in [3.63, 3.8) is 0 Å². The van der Waals surface area contributed by atoms with E-state index in [0.717, 1.165) is 0 Å². The van der Waals surface area contributed by atoms with Gasteiger partial charge in [0.15, 0.2) is 0 Å². The molecule has 0 atom stereocenters. The predicted octanol–water partition coefficient (Wildman–Crippen LogP) is 0.394. The Morgan fingerprint density at radius 2 is 2.13 bits per heavy atom. The standard InChI is InChI=1S/C8H7N3O3S/c1-3-4(2-9-14)15-7-5(3)6(12)10-8(13)11-7/h2,14H,1H3,(H2,10,11,12,13). The van der Waals surface area contributed by atoms with Crippen LogP contribution >= 0.6 is 11.3 Å². The lowest BCUT2D eigenvalue weighted by molar-refractivity contribution is 0.322. The van der Waals surface area contributed by atoms with Crippen molar-refractivity contribution in [2.45, 2.75) is 6.92 Å². The third-order valence-corrected chi connectivity index (χ3v) is 3.18. The first-order chi connectivity index (χ1) is 7.13. The topological polar surface area (TPSA) is 98.3 Å². The average Bonchev–Trinajstić information content (AvgIpc) is 2.43. The summed E-state index contributed by atoms with van der Waals surface area (Å²) in [6.45, 7) is 1.73. The van der Waals surface area contributed by atoms with E-state index < -0.39 is 11.2 Å². The van der Waals surface area contributed by atoms with E-state index in [1.54, 1.807) is 6.92 Å². The van der Waals surface area contributed by atoms with Crippen LogP contribution in [0.15, 0.2) is 14.7 Å². The second kappa shape index (κ2) is 3.35. The van der Waals surface area contributed by atoms with Gasteiger partial charge in [-0.15, -0.1) is 11.3 Å². The molecule has 7 heteroatoms. The molecule has 0 amide bonds. The molecule has 0 aliphatic rings. The summed E-state index contributed by atoms with van der Waals surface area (Å²) in [6.07, 6.45) is 1.23. The molecule has 0 unspecified atom stereocenters. The van der Waals surface area contributed by atoms with Crippen LogP contribution in [0.2, 0.25) is 0 Å². The van der Waals surface area contributed by atoms with Gasteiger partial charge in [-0.2, -0.15) is 0 Å². The Morgan fingerprint density at radius 3 is 2.80 bits per heavy atom. The quantitative estimate of drug-likeness (QED) is 0.372. The van der Waals surface area contributed by atoms with Crippen LogP contribution < -0.4 is 11.2 Å². The molecule has 0 spiro atoms. The van der Waals surface area contributed by atoms with E-state index in [9.17, 15) is 9.59 Å². The molecule has 0 aliphatic heterocycles. The number of aryl methyl sites for hydroxylation is 1. The Kier molecular flexibility index (Phi) is 2.16. The van der Waals surface area contributed by atoms with Gasteiger partial charge in [0.1, 0.15) is 4.83 Å². The van der Waals surface area contributed by atoms with Crippen LogP contribution in [-0.2, 0) is 0 Å². The Hall–Kier alpha value is -1.89. The number of fused-ring (bicyclic) bond motifs is 1. The van der Waals surface area contributed by atoms with Crippen LogP contribution in [0.3, 0.4) is 0 Å². The predicted molar refractivity (Wildman–Crippen MR) is 57.2 cm³/mol. The Morgan fingerprint density at radius 1 is 1.40 bits per heavy atom. The molecular formula is C8H7N3O3S. The molecular weight excluding hydrogens is 218 g/mol. The number of oxime groups is 1. The van der Waals surface area contributed by atoms with Gasteiger partial charge in [-0.25, -0.2) is 4.79 Å². The molecule has 2 rings (SSSR count). The first-order valence-electron chi connectivity index (χ1n) is 4.06. The van der Waals surface area contributed by atoms with Crippen LogP contribution in [0.5, 0.6) is 0 Å². The lowest BCUT2D eigenvalue weighted by Gasteiger charge is -1.88. The van der Waals surface area contributed by atoms with Crippen LogP contribution in [0.25, 0.3) is 10.2 Å². The highest BCUT2D eigenvalue weighted by Gasteiger charge is 2.11. The SMILES string of the molecule is Cc1c(C=NO)sc2[nH]c(=O)[nH]c(=O)c12. The molecule has 0 saturated carbocycles. The maximum atomic E-state index is 11.5. The van der Waals surface area contributed by atoms with Crippen molar-refractivity contribution in [2.75, 3.05) is 0 Å². The maximum Gasteiger partial charge on any atom is 0.326 e. The number of nitrogens with zero attached hydrogens (tertiary/aromatic N) is 1. The maximum absolute atomic E-state index is 11.5. The molecule has 3 N–H and O–H groups in total. The number of aromatic nitrogens is 2. The molecule has 78 valence electrons. The molecule has 0 bridgehead atoms. The van der Waals surface area contributed by atoms with Gasteiger partial charge in [0.25, 0.3) is 5.56 Å². The minimum atomic E-state index is -0.541. The smallest absolute Gasteiger partial charge is 0.326 e. The number of hydrogen-bond donors (Lipinski definition) is 3. The highest BCUT2D eigenvalue weighted by molar-refractivity contribution is 7.20. The monoisotopic (exact) mass is 225 g/mol. The van der Waals surface area contributed by atoms with Gasteiger partial charge in [-0.05, 0) is 12.5 Å². The number of H-pyrrole nitrogens is 2. The molecule has 6 nitrogen and oxygen atoms in total. The first kappa shape index (κ1) is 9.66. The zero-order chi connectivity index (χ0) is 11.0. The molecule has 2 heterocycles. The average molecular weight is 225 g/mol. The zero-order valence-corrected chi connectivity index (χ0v) is 8.51. The second-order valence-corrected chi connectivity index (χ2v) is 4.00. The van der Waals surface area contributed by atoms with Gasteiger partial charge in [-0.1, -0.05) is 5.16 Å². The van der Waals surface area contributed by atoms with E-state index in [4.69, 9.17) is 5.21 Å². The largest absolute Gasteiger partial charge is 0.411 e. The number of aromatic amines is 2. The summed E-state index contributed by atoms with van der Waals surface area (Å²) in [6, 6.07) is 0. The molecule has 0 aromatic carbocycles. The van der Waals surface area contributed by atoms with Crippen LogP contribution in [0.4, 0.5) is 0 Å². The molecule has 15 heavy (non-hydrogen) atoms.